The molecule has 0 unspecified atom stereocenters. The smallest absolute Gasteiger partial charge is 0.343 e. The number of benzene rings is 4. The van der Waals surface area contributed by atoms with E-state index in [0.717, 1.165) is 12.1 Å². The molecule has 0 saturated heterocycles. The molecule has 0 radical (unpaired) electrons. The number of carbonyl (C=O) groups excluding carboxylic acids is 4. The Bertz CT molecular complexity index is 1960. The number of carbonyl (C=O) groups is 4. The minimum absolute atomic E-state index is 0.00585. The van der Waals surface area contributed by atoms with Crippen LogP contribution in [0.4, 0.5) is 4.39 Å². The van der Waals surface area contributed by atoms with Crippen LogP contribution >= 0.6 is 0 Å². The summed E-state index contributed by atoms with van der Waals surface area (Å²) in [5.74, 6) is 3.22. The van der Waals surface area contributed by atoms with E-state index in [1.54, 1.807) is 12.1 Å². The molecule has 0 spiro atoms. The first-order valence-electron chi connectivity index (χ1n) is 13.9. The van der Waals surface area contributed by atoms with Crippen molar-refractivity contribution < 1.29 is 42.5 Å². The Labute approximate surface area is 270 Å². The van der Waals surface area contributed by atoms with Crippen molar-refractivity contribution >= 4 is 23.9 Å². The van der Waals surface area contributed by atoms with E-state index in [4.69, 9.17) is 18.9 Å². The Morgan fingerprint density at radius 3 is 1.81 bits per heavy atom. The summed E-state index contributed by atoms with van der Waals surface area (Å²) in [4.78, 5) is 48.1. The molecule has 4 aromatic carbocycles. The Morgan fingerprint density at radius 2 is 1.21 bits per heavy atom. The molecule has 0 heterocycles. The summed E-state index contributed by atoms with van der Waals surface area (Å²) in [6.45, 7) is 13.5. The molecule has 0 aliphatic carbocycles. The molecule has 47 heavy (non-hydrogen) atoms. The molecule has 0 amide bonds. The number of halogens is 1. The molecule has 0 aromatic heterocycles. The minimum atomic E-state index is -0.719. The SMILES string of the molecule is C=CC(=O)Oc1ccc(C#Cc2cc(F)c(-c3ccc(OC(=O)c4ccc(OC(=O)C(=C)C)cc4)cc3)cc2OC(=O)C(=C)C)cc1. The third kappa shape index (κ3) is 9.00. The highest BCUT2D eigenvalue weighted by molar-refractivity contribution is 5.92. The van der Waals surface area contributed by atoms with Crippen LogP contribution in [-0.4, -0.2) is 23.9 Å². The van der Waals surface area contributed by atoms with Gasteiger partial charge in [0.2, 0.25) is 0 Å². The quantitative estimate of drug-likeness (QED) is 0.0830. The lowest BCUT2D eigenvalue weighted by molar-refractivity contribution is -0.130. The topological polar surface area (TPSA) is 105 Å². The van der Waals surface area contributed by atoms with Crippen molar-refractivity contribution in [1.29, 1.82) is 0 Å². The molecule has 4 aromatic rings. The van der Waals surface area contributed by atoms with Gasteiger partial charge in [-0.1, -0.05) is 43.7 Å². The summed E-state index contributed by atoms with van der Waals surface area (Å²) in [7, 11) is 0. The van der Waals surface area contributed by atoms with E-state index in [2.05, 4.69) is 31.6 Å². The fourth-order valence-electron chi connectivity index (χ4n) is 3.77. The highest BCUT2D eigenvalue weighted by Crippen LogP contribution is 2.32. The second kappa shape index (κ2) is 15.0. The van der Waals surface area contributed by atoms with Crippen molar-refractivity contribution in [3.63, 3.8) is 0 Å². The number of hydrogen-bond donors (Lipinski definition) is 0. The third-order valence-corrected chi connectivity index (χ3v) is 6.23. The van der Waals surface area contributed by atoms with Crippen LogP contribution in [0, 0.1) is 17.7 Å². The predicted molar refractivity (Wildman–Crippen MR) is 172 cm³/mol. The lowest BCUT2D eigenvalue weighted by Crippen LogP contribution is -2.10. The predicted octanol–water partition coefficient (Wildman–Crippen LogP) is 7.17. The maximum absolute atomic E-state index is 15.4. The monoisotopic (exact) mass is 630 g/mol. The zero-order chi connectivity index (χ0) is 34.1. The van der Waals surface area contributed by atoms with Crippen molar-refractivity contribution in [3.8, 4) is 46.0 Å². The van der Waals surface area contributed by atoms with Gasteiger partial charge in [-0.25, -0.2) is 23.6 Å². The normalized spacial score (nSPS) is 10.0. The fourth-order valence-corrected chi connectivity index (χ4v) is 3.77. The molecular weight excluding hydrogens is 603 g/mol. The Kier molecular flexibility index (Phi) is 10.6. The molecule has 0 fully saturated rings. The second-order valence-electron chi connectivity index (χ2n) is 10.0. The van der Waals surface area contributed by atoms with Gasteiger partial charge in [0.05, 0.1) is 11.1 Å². The minimum Gasteiger partial charge on any atom is -0.423 e. The second-order valence-corrected chi connectivity index (χ2v) is 10.0. The molecule has 0 atom stereocenters. The number of esters is 4. The van der Waals surface area contributed by atoms with E-state index in [1.165, 1.54) is 80.6 Å². The summed E-state index contributed by atoms with van der Waals surface area (Å²) in [5.41, 5.74) is 1.72. The van der Waals surface area contributed by atoms with Crippen LogP contribution in [0.25, 0.3) is 11.1 Å². The lowest BCUT2D eigenvalue weighted by Gasteiger charge is -2.11. The van der Waals surface area contributed by atoms with E-state index in [9.17, 15) is 19.2 Å². The van der Waals surface area contributed by atoms with Crippen LogP contribution in [-0.2, 0) is 14.4 Å². The molecule has 234 valence electrons. The molecule has 0 aliphatic rings. The summed E-state index contributed by atoms with van der Waals surface area (Å²) < 4.78 is 36.5. The van der Waals surface area contributed by atoms with Gasteiger partial charge in [-0.3, -0.25) is 0 Å². The van der Waals surface area contributed by atoms with Gasteiger partial charge in [0, 0.05) is 28.3 Å². The molecule has 9 heteroatoms. The Hall–Kier alpha value is -6.53. The van der Waals surface area contributed by atoms with Gasteiger partial charge in [0.25, 0.3) is 0 Å². The van der Waals surface area contributed by atoms with Crippen LogP contribution < -0.4 is 18.9 Å². The largest absolute Gasteiger partial charge is 0.423 e. The number of rotatable bonds is 9. The van der Waals surface area contributed by atoms with Crippen LogP contribution in [0.5, 0.6) is 23.0 Å². The molecule has 0 aliphatic heterocycles. The zero-order valence-corrected chi connectivity index (χ0v) is 25.4. The van der Waals surface area contributed by atoms with Crippen molar-refractivity contribution in [3.05, 3.63) is 144 Å². The maximum Gasteiger partial charge on any atom is 0.343 e. The highest BCUT2D eigenvalue weighted by Gasteiger charge is 2.16. The maximum atomic E-state index is 15.4. The van der Waals surface area contributed by atoms with E-state index < -0.39 is 29.7 Å². The summed E-state index contributed by atoms with van der Waals surface area (Å²) in [6, 6.07) is 20.6. The van der Waals surface area contributed by atoms with Crippen LogP contribution in [0.1, 0.15) is 35.3 Å². The lowest BCUT2D eigenvalue weighted by atomic mass is 10.0. The van der Waals surface area contributed by atoms with Gasteiger partial charge in [0.1, 0.15) is 28.8 Å². The first-order valence-corrected chi connectivity index (χ1v) is 13.9. The fraction of sp³-hybridized carbons (Fsp3) is 0.0526. The molecule has 0 bridgehead atoms. The van der Waals surface area contributed by atoms with Gasteiger partial charge in [0.15, 0.2) is 0 Å². The van der Waals surface area contributed by atoms with Gasteiger partial charge < -0.3 is 18.9 Å². The average molecular weight is 631 g/mol. The molecule has 0 N–H and O–H groups in total. The standard InChI is InChI=1S/C38H27FO8/c1-6-35(40)44-29-15-8-25(9-16-29)7-10-28-21-33(39)32(22-34(28)47-37(42)24(4)5)26-11-17-31(18-12-26)46-38(43)27-13-19-30(20-14-27)45-36(41)23(2)3/h6,8-9,11-22H,1-2,4H2,3,5H3. The van der Waals surface area contributed by atoms with Crippen molar-refractivity contribution in [2.24, 2.45) is 0 Å². The van der Waals surface area contributed by atoms with Crippen molar-refractivity contribution in [1.82, 2.24) is 0 Å². The number of hydrogen-bond acceptors (Lipinski definition) is 8. The van der Waals surface area contributed by atoms with Crippen molar-refractivity contribution in [2.45, 2.75) is 13.8 Å². The molecular formula is C38H27FO8. The van der Waals surface area contributed by atoms with E-state index in [-0.39, 0.29) is 45.1 Å². The van der Waals surface area contributed by atoms with Crippen LogP contribution in [0.2, 0.25) is 0 Å². The van der Waals surface area contributed by atoms with Gasteiger partial charge >= 0.3 is 23.9 Å². The molecule has 8 nitrogen and oxygen atoms in total. The molecule has 4 rings (SSSR count). The summed E-state index contributed by atoms with van der Waals surface area (Å²) >= 11 is 0. The van der Waals surface area contributed by atoms with E-state index in [1.807, 2.05) is 0 Å². The van der Waals surface area contributed by atoms with E-state index in [0.29, 0.717) is 16.9 Å². The van der Waals surface area contributed by atoms with Gasteiger partial charge in [-0.15, -0.1) is 0 Å². The van der Waals surface area contributed by atoms with Gasteiger partial charge in [-0.2, -0.15) is 0 Å². The third-order valence-electron chi connectivity index (χ3n) is 6.23. The first kappa shape index (κ1) is 33.4. The van der Waals surface area contributed by atoms with Gasteiger partial charge in [-0.05, 0) is 92.2 Å². The van der Waals surface area contributed by atoms with Crippen LogP contribution in [0.3, 0.4) is 0 Å². The highest BCUT2D eigenvalue weighted by atomic mass is 19.1. The summed E-state index contributed by atoms with van der Waals surface area (Å²) in [5, 5.41) is 0. The Balaban J connectivity index is 1.54. The molecule has 0 saturated carbocycles. The van der Waals surface area contributed by atoms with Crippen molar-refractivity contribution in [2.75, 3.05) is 0 Å². The van der Waals surface area contributed by atoms with E-state index >= 15 is 4.39 Å². The van der Waals surface area contributed by atoms with Crippen LogP contribution in [0.15, 0.2) is 122 Å². The average Bonchev–Trinajstić information content (AvgIpc) is 3.05. The zero-order valence-electron chi connectivity index (χ0n) is 25.4. The number of ether oxygens (including phenoxy) is 4. The summed E-state index contributed by atoms with van der Waals surface area (Å²) in [6.07, 6.45) is 1.04. The first-order chi connectivity index (χ1) is 22.4. The Morgan fingerprint density at radius 1 is 0.681 bits per heavy atom.